The van der Waals surface area contributed by atoms with E-state index < -0.39 is 5.97 Å². The minimum atomic E-state index is -0.529. The van der Waals surface area contributed by atoms with Crippen LogP contribution in [0.5, 0.6) is 17.2 Å². The number of rotatable bonds is 8. The summed E-state index contributed by atoms with van der Waals surface area (Å²) in [5.74, 6) is 1.84. The lowest BCUT2D eigenvalue weighted by atomic mass is 10.2. The van der Waals surface area contributed by atoms with Gasteiger partial charge in [-0.05, 0) is 42.0 Å². The van der Waals surface area contributed by atoms with E-state index in [2.05, 4.69) is 10.1 Å². The first-order valence-corrected chi connectivity index (χ1v) is 8.67. The quantitative estimate of drug-likeness (QED) is 0.422. The third-order valence-corrected chi connectivity index (χ3v) is 3.95. The van der Waals surface area contributed by atoms with Gasteiger partial charge in [-0.25, -0.2) is 4.79 Å². The van der Waals surface area contributed by atoms with Crippen LogP contribution in [0.1, 0.15) is 11.5 Å². The smallest absolute Gasteiger partial charge is 0.331 e. The van der Waals surface area contributed by atoms with Crippen LogP contribution in [-0.4, -0.2) is 37.4 Å². The van der Waals surface area contributed by atoms with Crippen molar-refractivity contribution in [3.63, 3.8) is 0 Å². The van der Waals surface area contributed by atoms with Crippen LogP contribution in [0, 0.1) is 0 Å². The molecule has 8 nitrogen and oxygen atoms in total. The van der Waals surface area contributed by atoms with Gasteiger partial charge < -0.3 is 23.5 Å². The molecule has 1 heterocycles. The monoisotopic (exact) mass is 396 g/mol. The highest BCUT2D eigenvalue weighted by atomic mass is 16.6. The fraction of sp³-hybridized carbons (Fsp3) is 0.190. The number of ether oxygens (including phenoxy) is 4. The van der Waals surface area contributed by atoms with Gasteiger partial charge in [-0.3, -0.25) is 0 Å². The Morgan fingerprint density at radius 1 is 1.03 bits per heavy atom. The zero-order valence-corrected chi connectivity index (χ0v) is 16.2. The van der Waals surface area contributed by atoms with Crippen LogP contribution in [0.4, 0.5) is 0 Å². The largest absolute Gasteiger partial charge is 0.497 e. The highest BCUT2D eigenvalue weighted by Gasteiger charge is 2.13. The van der Waals surface area contributed by atoms with Gasteiger partial charge in [0.15, 0.2) is 18.1 Å². The Kier molecular flexibility index (Phi) is 6.47. The number of nitrogens with zero attached hydrogens (tertiary/aromatic N) is 2. The Morgan fingerprint density at radius 2 is 1.86 bits per heavy atom. The Bertz CT molecular complexity index is 1010. The number of hydrogen-bond donors (Lipinski definition) is 0. The second-order valence-corrected chi connectivity index (χ2v) is 5.80. The summed E-state index contributed by atoms with van der Waals surface area (Å²) in [6, 6.07) is 12.6. The average molecular weight is 396 g/mol. The summed E-state index contributed by atoms with van der Waals surface area (Å²) in [6.07, 6.45) is 2.95. The summed E-state index contributed by atoms with van der Waals surface area (Å²) in [5.41, 5.74) is 1.50. The summed E-state index contributed by atoms with van der Waals surface area (Å²) in [4.78, 5) is 16.1. The van der Waals surface area contributed by atoms with Gasteiger partial charge in [-0.2, -0.15) is 4.98 Å². The molecule has 3 aromatic rings. The number of carbonyl (C=O) groups is 1. The zero-order valence-electron chi connectivity index (χ0n) is 16.2. The maximum Gasteiger partial charge on any atom is 0.331 e. The normalized spacial score (nSPS) is 10.7. The van der Waals surface area contributed by atoms with Gasteiger partial charge in [-0.15, -0.1) is 0 Å². The van der Waals surface area contributed by atoms with E-state index in [1.165, 1.54) is 6.08 Å². The molecule has 0 aliphatic rings. The van der Waals surface area contributed by atoms with Crippen molar-refractivity contribution in [2.24, 2.45) is 0 Å². The van der Waals surface area contributed by atoms with E-state index in [1.807, 2.05) is 18.2 Å². The van der Waals surface area contributed by atoms with Crippen LogP contribution in [-0.2, 0) is 16.1 Å². The SMILES string of the molecule is COc1cccc(/C=C/C(=O)OCc2nc(-c3ccc(OC)c(OC)c3)no2)c1. The third-order valence-electron chi connectivity index (χ3n) is 3.95. The Morgan fingerprint density at radius 3 is 2.62 bits per heavy atom. The predicted octanol–water partition coefficient (Wildman–Crippen LogP) is 3.52. The second-order valence-electron chi connectivity index (χ2n) is 5.80. The van der Waals surface area contributed by atoms with Crippen LogP contribution in [0.3, 0.4) is 0 Å². The van der Waals surface area contributed by atoms with Crippen molar-refractivity contribution in [3.05, 3.63) is 60.0 Å². The Labute approximate surface area is 167 Å². The van der Waals surface area contributed by atoms with E-state index in [4.69, 9.17) is 23.5 Å². The molecule has 2 aromatic carbocycles. The molecule has 29 heavy (non-hydrogen) atoms. The van der Waals surface area contributed by atoms with Gasteiger partial charge in [0, 0.05) is 11.6 Å². The molecule has 0 amide bonds. The minimum absolute atomic E-state index is 0.137. The van der Waals surface area contributed by atoms with E-state index >= 15 is 0 Å². The molecule has 0 N–H and O–H groups in total. The van der Waals surface area contributed by atoms with Gasteiger partial charge in [0.2, 0.25) is 5.82 Å². The van der Waals surface area contributed by atoms with Crippen LogP contribution >= 0.6 is 0 Å². The van der Waals surface area contributed by atoms with Crippen molar-refractivity contribution in [1.82, 2.24) is 10.1 Å². The van der Waals surface area contributed by atoms with Gasteiger partial charge in [0.25, 0.3) is 5.89 Å². The molecule has 3 rings (SSSR count). The zero-order chi connectivity index (χ0) is 20.6. The number of esters is 1. The molecule has 0 saturated heterocycles. The minimum Gasteiger partial charge on any atom is -0.497 e. The van der Waals surface area contributed by atoms with Crippen LogP contribution < -0.4 is 14.2 Å². The molecule has 0 bridgehead atoms. The molecular formula is C21H20N2O6. The van der Waals surface area contributed by atoms with E-state index in [1.54, 1.807) is 51.7 Å². The van der Waals surface area contributed by atoms with Crippen LogP contribution in [0.25, 0.3) is 17.5 Å². The van der Waals surface area contributed by atoms with Crippen LogP contribution in [0.15, 0.2) is 53.1 Å². The summed E-state index contributed by atoms with van der Waals surface area (Å²) in [5, 5.41) is 3.90. The maximum atomic E-state index is 11.9. The molecule has 1 aromatic heterocycles. The van der Waals surface area contributed by atoms with E-state index in [-0.39, 0.29) is 12.5 Å². The van der Waals surface area contributed by atoms with Crippen molar-refractivity contribution in [1.29, 1.82) is 0 Å². The predicted molar refractivity (Wildman–Crippen MR) is 105 cm³/mol. The molecular weight excluding hydrogens is 376 g/mol. The van der Waals surface area contributed by atoms with Gasteiger partial charge in [-0.1, -0.05) is 17.3 Å². The topological polar surface area (TPSA) is 92.9 Å². The fourth-order valence-electron chi connectivity index (χ4n) is 2.50. The molecule has 8 heteroatoms. The van der Waals surface area contributed by atoms with Gasteiger partial charge in [0.1, 0.15) is 5.75 Å². The third kappa shape index (κ3) is 5.13. The first kappa shape index (κ1) is 19.9. The Balaban J connectivity index is 1.60. The molecule has 0 aliphatic carbocycles. The highest BCUT2D eigenvalue weighted by Crippen LogP contribution is 2.31. The summed E-state index contributed by atoms with van der Waals surface area (Å²) in [6.45, 7) is -0.137. The number of carbonyl (C=O) groups excluding carboxylic acids is 1. The molecule has 0 saturated carbocycles. The standard InChI is InChI=1S/C21H20N2O6/c1-25-16-6-4-5-14(11-16)7-10-20(24)28-13-19-22-21(23-29-19)15-8-9-17(26-2)18(12-15)27-3/h4-12H,13H2,1-3H3/b10-7+. The molecule has 0 fully saturated rings. The fourth-order valence-corrected chi connectivity index (χ4v) is 2.50. The summed E-state index contributed by atoms with van der Waals surface area (Å²) >= 11 is 0. The van der Waals surface area contributed by atoms with Crippen molar-refractivity contribution in [2.75, 3.05) is 21.3 Å². The number of benzene rings is 2. The molecule has 0 spiro atoms. The lowest BCUT2D eigenvalue weighted by Gasteiger charge is -2.07. The number of aromatic nitrogens is 2. The van der Waals surface area contributed by atoms with Crippen molar-refractivity contribution >= 4 is 12.0 Å². The average Bonchev–Trinajstić information content (AvgIpc) is 3.25. The Hall–Kier alpha value is -3.81. The van der Waals surface area contributed by atoms with E-state index in [9.17, 15) is 4.79 Å². The molecule has 0 atom stereocenters. The lowest BCUT2D eigenvalue weighted by Crippen LogP contribution is -2.01. The second kappa shape index (κ2) is 9.41. The van der Waals surface area contributed by atoms with Crippen molar-refractivity contribution < 1.29 is 28.3 Å². The maximum absolute atomic E-state index is 11.9. The van der Waals surface area contributed by atoms with Crippen molar-refractivity contribution in [2.45, 2.75) is 6.61 Å². The summed E-state index contributed by atoms with van der Waals surface area (Å²) < 4.78 is 25.9. The van der Waals surface area contributed by atoms with E-state index in [0.717, 1.165) is 5.56 Å². The van der Waals surface area contributed by atoms with Gasteiger partial charge in [0.05, 0.1) is 21.3 Å². The first-order valence-electron chi connectivity index (χ1n) is 8.67. The first-order chi connectivity index (χ1) is 14.1. The lowest BCUT2D eigenvalue weighted by molar-refractivity contribution is -0.139. The highest BCUT2D eigenvalue weighted by molar-refractivity contribution is 5.87. The van der Waals surface area contributed by atoms with Crippen LogP contribution in [0.2, 0.25) is 0 Å². The van der Waals surface area contributed by atoms with Crippen molar-refractivity contribution in [3.8, 4) is 28.6 Å². The van der Waals surface area contributed by atoms with Gasteiger partial charge >= 0.3 is 5.97 Å². The number of methoxy groups -OCH3 is 3. The molecule has 0 unspecified atom stereocenters. The van der Waals surface area contributed by atoms with E-state index in [0.29, 0.717) is 28.6 Å². The molecule has 0 aliphatic heterocycles. The molecule has 0 radical (unpaired) electrons. The number of hydrogen-bond acceptors (Lipinski definition) is 8. The molecule has 150 valence electrons. The summed E-state index contributed by atoms with van der Waals surface area (Å²) in [7, 11) is 4.68.